The predicted molar refractivity (Wildman–Crippen MR) is 88.4 cm³/mol. The summed E-state index contributed by atoms with van der Waals surface area (Å²) in [4.78, 5) is 12.0. The molecule has 128 valence electrons. The van der Waals surface area contributed by atoms with Gasteiger partial charge >= 0.3 is 0 Å². The number of hydrogen-bond acceptors (Lipinski definition) is 4. The number of carbonyl (C=O) groups is 1. The van der Waals surface area contributed by atoms with Gasteiger partial charge in [-0.2, -0.15) is 0 Å². The molecule has 1 aromatic heterocycles. The van der Waals surface area contributed by atoms with Crippen molar-refractivity contribution in [2.75, 3.05) is 13.7 Å². The van der Waals surface area contributed by atoms with E-state index in [0.29, 0.717) is 24.5 Å². The third-order valence-electron chi connectivity index (χ3n) is 3.90. The van der Waals surface area contributed by atoms with Gasteiger partial charge in [-0.1, -0.05) is 12.1 Å². The van der Waals surface area contributed by atoms with E-state index in [9.17, 15) is 13.2 Å². The Morgan fingerprint density at radius 3 is 2.75 bits per heavy atom. The van der Waals surface area contributed by atoms with Crippen LogP contribution in [0.5, 0.6) is 5.75 Å². The highest BCUT2D eigenvalue weighted by atomic mass is 32.2. The van der Waals surface area contributed by atoms with Gasteiger partial charge in [-0.25, -0.2) is 13.1 Å². The number of benzene rings is 1. The maximum Gasteiger partial charge on any atom is 0.267 e. The Hall–Kier alpha value is -2.32. The van der Waals surface area contributed by atoms with Crippen LogP contribution in [0.4, 0.5) is 0 Å². The SMILES string of the molecule is COc1ccc(CNS(=O)(=O)c2cc3n(c2)CCCNC3=O)cc1. The van der Waals surface area contributed by atoms with Crippen molar-refractivity contribution in [3.63, 3.8) is 0 Å². The number of ether oxygens (including phenoxy) is 1. The van der Waals surface area contributed by atoms with Crippen molar-refractivity contribution < 1.29 is 17.9 Å². The average Bonchev–Trinajstić information content (AvgIpc) is 2.95. The second-order valence-electron chi connectivity index (χ2n) is 5.54. The summed E-state index contributed by atoms with van der Waals surface area (Å²) in [5, 5.41) is 2.75. The molecule has 3 rings (SSSR count). The van der Waals surface area contributed by atoms with Gasteiger partial charge in [-0.05, 0) is 30.2 Å². The lowest BCUT2D eigenvalue weighted by Gasteiger charge is -2.06. The molecular formula is C16H19N3O4S. The van der Waals surface area contributed by atoms with Crippen molar-refractivity contribution in [3.05, 3.63) is 47.8 Å². The van der Waals surface area contributed by atoms with Gasteiger partial charge < -0.3 is 14.6 Å². The summed E-state index contributed by atoms with van der Waals surface area (Å²) in [6.45, 7) is 1.37. The van der Waals surface area contributed by atoms with Crippen LogP contribution in [0.15, 0.2) is 41.4 Å². The topological polar surface area (TPSA) is 89.4 Å². The summed E-state index contributed by atoms with van der Waals surface area (Å²) < 4.78 is 34.2. The summed E-state index contributed by atoms with van der Waals surface area (Å²) in [6, 6.07) is 8.55. The number of nitrogens with one attached hydrogen (secondary N) is 2. The number of rotatable bonds is 5. The average molecular weight is 349 g/mol. The van der Waals surface area contributed by atoms with E-state index in [0.717, 1.165) is 12.0 Å². The number of aryl methyl sites for hydroxylation is 1. The van der Waals surface area contributed by atoms with Crippen molar-refractivity contribution in [3.8, 4) is 5.75 Å². The smallest absolute Gasteiger partial charge is 0.267 e. The van der Waals surface area contributed by atoms with E-state index in [1.807, 2.05) is 0 Å². The molecule has 1 aliphatic heterocycles. The van der Waals surface area contributed by atoms with Crippen LogP contribution in [0.3, 0.4) is 0 Å². The number of aromatic nitrogens is 1. The molecule has 0 unspecified atom stereocenters. The highest BCUT2D eigenvalue weighted by molar-refractivity contribution is 7.89. The summed E-state index contributed by atoms with van der Waals surface area (Å²) in [6.07, 6.45) is 2.28. The number of hydrogen-bond donors (Lipinski definition) is 2. The highest BCUT2D eigenvalue weighted by Crippen LogP contribution is 2.17. The van der Waals surface area contributed by atoms with Crippen LogP contribution in [0.1, 0.15) is 22.5 Å². The minimum Gasteiger partial charge on any atom is -0.497 e. The molecule has 0 aliphatic carbocycles. The molecule has 0 atom stereocenters. The largest absolute Gasteiger partial charge is 0.497 e. The first-order valence-electron chi connectivity index (χ1n) is 7.60. The molecule has 0 saturated carbocycles. The summed E-state index contributed by atoms with van der Waals surface area (Å²) in [7, 11) is -2.11. The molecule has 0 radical (unpaired) electrons. The fourth-order valence-corrected chi connectivity index (χ4v) is 3.61. The van der Waals surface area contributed by atoms with E-state index in [-0.39, 0.29) is 17.3 Å². The van der Waals surface area contributed by atoms with Crippen molar-refractivity contribution >= 4 is 15.9 Å². The second-order valence-corrected chi connectivity index (χ2v) is 7.30. The Labute approximate surface area is 140 Å². The van der Waals surface area contributed by atoms with Gasteiger partial charge in [-0.3, -0.25) is 4.79 Å². The molecule has 0 fully saturated rings. The molecule has 0 bridgehead atoms. The molecule has 8 heteroatoms. The summed E-state index contributed by atoms with van der Waals surface area (Å²) in [5.74, 6) is 0.466. The zero-order chi connectivity index (χ0) is 17.2. The first-order valence-corrected chi connectivity index (χ1v) is 9.09. The lowest BCUT2D eigenvalue weighted by Crippen LogP contribution is -2.24. The lowest BCUT2D eigenvalue weighted by molar-refractivity contribution is 0.0951. The molecule has 1 aliphatic rings. The second kappa shape index (κ2) is 6.66. The number of carbonyl (C=O) groups excluding carboxylic acids is 1. The van der Waals surface area contributed by atoms with Crippen LogP contribution in [0.25, 0.3) is 0 Å². The van der Waals surface area contributed by atoms with E-state index in [4.69, 9.17) is 4.74 Å². The van der Waals surface area contributed by atoms with Crippen LogP contribution < -0.4 is 14.8 Å². The van der Waals surface area contributed by atoms with E-state index in [1.165, 1.54) is 12.3 Å². The molecule has 0 saturated heterocycles. The molecular weight excluding hydrogens is 330 g/mol. The van der Waals surface area contributed by atoms with Crippen LogP contribution in [0.2, 0.25) is 0 Å². The Kier molecular flexibility index (Phi) is 4.59. The van der Waals surface area contributed by atoms with Crippen molar-refractivity contribution in [2.45, 2.75) is 24.4 Å². The van der Waals surface area contributed by atoms with Crippen molar-refractivity contribution in [1.82, 2.24) is 14.6 Å². The fourth-order valence-electron chi connectivity index (χ4n) is 2.55. The summed E-state index contributed by atoms with van der Waals surface area (Å²) in [5.41, 5.74) is 1.19. The number of methoxy groups -OCH3 is 1. The molecule has 2 heterocycles. The molecule has 1 aromatic carbocycles. The van der Waals surface area contributed by atoms with Crippen LogP contribution in [0, 0.1) is 0 Å². The standard InChI is InChI=1S/C16H19N3O4S/c1-23-13-5-3-12(4-6-13)10-18-24(21,22)14-9-15-16(20)17-7-2-8-19(15)11-14/h3-6,9,11,18H,2,7-8,10H2,1H3,(H,17,20). The molecule has 0 spiro atoms. The van der Waals surface area contributed by atoms with Gasteiger partial charge in [0.05, 0.1) is 7.11 Å². The number of fused-ring (bicyclic) bond motifs is 1. The Balaban J connectivity index is 1.75. The first-order chi connectivity index (χ1) is 11.5. The van der Waals surface area contributed by atoms with Crippen LogP contribution in [-0.4, -0.2) is 32.5 Å². The first kappa shape index (κ1) is 16.5. The minimum atomic E-state index is -3.69. The molecule has 1 amide bonds. The van der Waals surface area contributed by atoms with E-state index >= 15 is 0 Å². The Bertz CT molecular complexity index is 841. The Morgan fingerprint density at radius 2 is 2.04 bits per heavy atom. The normalized spacial score (nSPS) is 14.6. The van der Waals surface area contributed by atoms with Crippen LogP contribution in [-0.2, 0) is 23.1 Å². The number of nitrogens with zero attached hydrogens (tertiary/aromatic N) is 1. The zero-order valence-electron chi connectivity index (χ0n) is 13.3. The maximum atomic E-state index is 12.5. The van der Waals surface area contributed by atoms with E-state index in [1.54, 1.807) is 35.9 Å². The fraction of sp³-hybridized carbons (Fsp3) is 0.312. The van der Waals surface area contributed by atoms with Crippen molar-refractivity contribution in [1.29, 1.82) is 0 Å². The van der Waals surface area contributed by atoms with Gasteiger partial charge in [0, 0.05) is 25.8 Å². The quantitative estimate of drug-likeness (QED) is 0.846. The Morgan fingerprint density at radius 1 is 1.29 bits per heavy atom. The van der Waals surface area contributed by atoms with Gasteiger partial charge in [0.1, 0.15) is 16.3 Å². The molecule has 2 aromatic rings. The lowest BCUT2D eigenvalue weighted by atomic mass is 10.2. The summed E-state index contributed by atoms with van der Waals surface area (Å²) >= 11 is 0. The van der Waals surface area contributed by atoms with Gasteiger partial charge in [-0.15, -0.1) is 0 Å². The number of amides is 1. The maximum absolute atomic E-state index is 12.5. The monoisotopic (exact) mass is 349 g/mol. The minimum absolute atomic E-state index is 0.100. The molecule has 2 N–H and O–H groups in total. The highest BCUT2D eigenvalue weighted by Gasteiger charge is 2.22. The number of sulfonamides is 1. The van der Waals surface area contributed by atoms with Gasteiger partial charge in [0.25, 0.3) is 5.91 Å². The third kappa shape index (κ3) is 3.44. The molecule has 24 heavy (non-hydrogen) atoms. The van der Waals surface area contributed by atoms with Crippen molar-refractivity contribution in [2.24, 2.45) is 0 Å². The zero-order valence-corrected chi connectivity index (χ0v) is 14.1. The predicted octanol–water partition coefficient (Wildman–Crippen LogP) is 1.11. The third-order valence-corrected chi connectivity index (χ3v) is 5.27. The van der Waals surface area contributed by atoms with E-state index in [2.05, 4.69) is 10.0 Å². The van der Waals surface area contributed by atoms with Crippen LogP contribution >= 0.6 is 0 Å². The van der Waals surface area contributed by atoms with E-state index < -0.39 is 10.0 Å². The molecule has 7 nitrogen and oxygen atoms in total. The van der Waals surface area contributed by atoms with Gasteiger partial charge in [0.15, 0.2) is 0 Å². The van der Waals surface area contributed by atoms with Gasteiger partial charge in [0.2, 0.25) is 10.0 Å².